The van der Waals surface area contributed by atoms with E-state index in [1.807, 2.05) is 0 Å². The van der Waals surface area contributed by atoms with Gasteiger partial charge >= 0.3 is 0 Å². The number of rotatable bonds is 2. The van der Waals surface area contributed by atoms with Gasteiger partial charge in [-0.05, 0) is 24.3 Å². The highest BCUT2D eigenvalue weighted by Crippen LogP contribution is 2.30. The largest absolute Gasteiger partial charge is 0.516 e. The molecule has 10 heavy (non-hydrogen) atoms. The Labute approximate surface area is 61.2 Å². The van der Waals surface area contributed by atoms with E-state index in [4.69, 9.17) is 10.2 Å². The topological polar surface area (TPSA) is 40.5 Å². The first-order valence-electron chi connectivity index (χ1n) is 3.82. The molecule has 0 spiro atoms. The molecule has 0 aromatic heterocycles. The van der Waals surface area contributed by atoms with Gasteiger partial charge in [-0.15, -0.1) is 0 Å². The smallest absolute Gasteiger partial charge is 0.0809 e. The Hall–Kier alpha value is -0.500. The Morgan fingerprint density at radius 1 is 1.40 bits per heavy atom. The van der Waals surface area contributed by atoms with Crippen LogP contribution in [0.5, 0.6) is 0 Å². The second kappa shape index (κ2) is 3.62. The van der Waals surface area contributed by atoms with Crippen LogP contribution in [0.2, 0.25) is 0 Å². The van der Waals surface area contributed by atoms with Crippen molar-refractivity contribution in [3.8, 4) is 0 Å². The molecule has 0 aromatic carbocycles. The van der Waals surface area contributed by atoms with E-state index in [0.717, 1.165) is 24.7 Å². The third-order valence-electron chi connectivity index (χ3n) is 2.23. The maximum Gasteiger partial charge on any atom is 0.0809 e. The summed E-state index contributed by atoms with van der Waals surface area (Å²) in [7, 11) is 0. The zero-order valence-electron chi connectivity index (χ0n) is 6.08. The molecule has 0 amide bonds. The lowest BCUT2D eigenvalue weighted by Crippen LogP contribution is -2.02. The Balaban J connectivity index is 2.45. The Kier molecular flexibility index (Phi) is 2.75. The highest BCUT2D eigenvalue weighted by atomic mass is 16.3. The third-order valence-corrected chi connectivity index (χ3v) is 2.23. The molecule has 2 heteroatoms. The summed E-state index contributed by atoms with van der Waals surface area (Å²) in [5.74, 6) is 0.454. The summed E-state index contributed by atoms with van der Waals surface area (Å²) in [6.07, 6.45) is 5.81. The van der Waals surface area contributed by atoms with Gasteiger partial charge in [0.25, 0.3) is 0 Å². The molecular weight excluding hydrogens is 128 g/mol. The third kappa shape index (κ3) is 1.51. The van der Waals surface area contributed by atoms with Gasteiger partial charge in [-0.3, -0.25) is 0 Å². The molecule has 0 radical (unpaired) electrons. The predicted octanol–water partition coefficient (Wildman–Crippen LogP) is 1.61. The van der Waals surface area contributed by atoms with Crippen LogP contribution in [0.1, 0.15) is 25.7 Å². The van der Waals surface area contributed by atoms with Crippen LogP contribution in [0.15, 0.2) is 11.8 Å². The highest BCUT2D eigenvalue weighted by Gasteiger charge is 2.18. The molecular formula is C8H14O2. The van der Waals surface area contributed by atoms with Crippen LogP contribution >= 0.6 is 0 Å². The van der Waals surface area contributed by atoms with Crippen LogP contribution in [-0.2, 0) is 0 Å². The summed E-state index contributed by atoms with van der Waals surface area (Å²) in [6.45, 7) is 0.0150. The Morgan fingerprint density at radius 2 is 2.00 bits per heavy atom. The van der Waals surface area contributed by atoms with Crippen LogP contribution in [0.4, 0.5) is 0 Å². The number of hydrogen-bond acceptors (Lipinski definition) is 2. The number of aliphatic hydroxyl groups is 2. The minimum atomic E-state index is 0.0150. The minimum Gasteiger partial charge on any atom is -0.516 e. The van der Waals surface area contributed by atoms with Crippen molar-refractivity contribution in [3.63, 3.8) is 0 Å². The quantitative estimate of drug-likeness (QED) is 0.575. The van der Waals surface area contributed by atoms with Crippen molar-refractivity contribution in [3.05, 3.63) is 11.8 Å². The van der Waals surface area contributed by atoms with Gasteiger partial charge in [-0.25, -0.2) is 0 Å². The molecule has 58 valence electrons. The Bertz CT molecular complexity index is 123. The molecule has 1 saturated carbocycles. The van der Waals surface area contributed by atoms with Gasteiger partial charge in [0.15, 0.2) is 0 Å². The van der Waals surface area contributed by atoms with Gasteiger partial charge < -0.3 is 10.2 Å². The van der Waals surface area contributed by atoms with E-state index < -0.39 is 0 Å². The summed E-state index contributed by atoms with van der Waals surface area (Å²) in [5.41, 5.74) is 0.803. The Morgan fingerprint density at radius 3 is 2.40 bits per heavy atom. The summed E-state index contributed by atoms with van der Waals surface area (Å²) >= 11 is 0. The van der Waals surface area contributed by atoms with E-state index in [2.05, 4.69) is 0 Å². The maximum atomic E-state index is 8.76. The van der Waals surface area contributed by atoms with Crippen molar-refractivity contribution in [1.29, 1.82) is 0 Å². The van der Waals surface area contributed by atoms with Crippen LogP contribution in [0.25, 0.3) is 0 Å². The van der Waals surface area contributed by atoms with E-state index in [0.29, 0.717) is 5.92 Å². The second-order valence-corrected chi connectivity index (χ2v) is 2.84. The fraction of sp³-hybridized carbons (Fsp3) is 0.750. The van der Waals surface area contributed by atoms with Gasteiger partial charge in [-0.1, -0.05) is 12.8 Å². The van der Waals surface area contributed by atoms with E-state index in [1.54, 1.807) is 0 Å². The molecule has 0 bridgehead atoms. The molecule has 0 atom stereocenters. The fourth-order valence-electron chi connectivity index (χ4n) is 1.57. The van der Waals surface area contributed by atoms with E-state index in [1.165, 1.54) is 12.8 Å². The first-order valence-corrected chi connectivity index (χ1v) is 3.82. The van der Waals surface area contributed by atoms with Crippen molar-refractivity contribution in [2.75, 3.05) is 6.61 Å². The average Bonchev–Trinajstić information content (AvgIpc) is 2.43. The molecule has 0 aliphatic heterocycles. The van der Waals surface area contributed by atoms with Gasteiger partial charge in [0, 0.05) is 0 Å². The number of aliphatic hydroxyl groups excluding tert-OH is 2. The van der Waals surface area contributed by atoms with E-state index >= 15 is 0 Å². The van der Waals surface area contributed by atoms with Crippen molar-refractivity contribution in [2.24, 2.45) is 5.92 Å². The first-order chi connectivity index (χ1) is 4.88. The van der Waals surface area contributed by atoms with Gasteiger partial charge in [0.05, 0.1) is 12.9 Å². The van der Waals surface area contributed by atoms with Gasteiger partial charge in [0.1, 0.15) is 0 Å². The van der Waals surface area contributed by atoms with Gasteiger partial charge in [-0.2, -0.15) is 0 Å². The maximum absolute atomic E-state index is 8.76. The second-order valence-electron chi connectivity index (χ2n) is 2.84. The lowest BCUT2D eigenvalue weighted by molar-refractivity contribution is 0.304. The average molecular weight is 142 g/mol. The molecule has 0 saturated heterocycles. The van der Waals surface area contributed by atoms with Crippen LogP contribution in [-0.4, -0.2) is 16.8 Å². The molecule has 1 aliphatic rings. The molecule has 0 unspecified atom stereocenters. The molecule has 2 N–H and O–H groups in total. The summed E-state index contributed by atoms with van der Waals surface area (Å²) in [5, 5.41) is 17.4. The molecule has 1 fully saturated rings. The lowest BCUT2D eigenvalue weighted by atomic mass is 10.00. The minimum absolute atomic E-state index is 0.0150. The molecule has 1 rings (SSSR count). The van der Waals surface area contributed by atoms with E-state index in [-0.39, 0.29) is 6.61 Å². The van der Waals surface area contributed by atoms with Crippen LogP contribution in [0, 0.1) is 5.92 Å². The first kappa shape index (κ1) is 7.61. The van der Waals surface area contributed by atoms with E-state index in [9.17, 15) is 0 Å². The summed E-state index contributed by atoms with van der Waals surface area (Å²) in [6, 6.07) is 0. The fourth-order valence-corrected chi connectivity index (χ4v) is 1.57. The van der Waals surface area contributed by atoms with Crippen LogP contribution in [0.3, 0.4) is 0 Å². The monoisotopic (exact) mass is 142 g/mol. The molecule has 2 nitrogen and oxygen atoms in total. The van der Waals surface area contributed by atoms with Crippen molar-refractivity contribution >= 4 is 0 Å². The molecule has 1 aliphatic carbocycles. The predicted molar refractivity (Wildman–Crippen MR) is 39.8 cm³/mol. The standard InChI is InChI=1S/C8H14O2/c9-5-8(6-10)7-3-1-2-4-7/h5,7,9-10H,1-4,6H2. The van der Waals surface area contributed by atoms with Crippen LogP contribution < -0.4 is 0 Å². The number of hydrogen-bond donors (Lipinski definition) is 2. The zero-order chi connectivity index (χ0) is 7.40. The summed E-state index contributed by atoms with van der Waals surface area (Å²) in [4.78, 5) is 0. The molecule has 0 aromatic rings. The van der Waals surface area contributed by atoms with Crippen molar-refractivity contribution in [1.82, 2.24) is 0 Å². The van der Waals surface area contributed by atoms with Gasteiger partial charge in [0.2, 0.25) is 0 Å². The molecule has 0 heterocycles. The summed E-state index contributed by atoms with van der Waals surface area (Å²) < 4.78 is 0. The normalized spacial score (nSPS) is 21.9. The zero-order valence-corrected chi connectivity index (χ0v) is 6.08. The van der Waals surface area contributed by atoms with Crippen molar-refractivity contribution < 1.29 is 10.2 Å². The lowest BCUT2D eigenvalue weighted by Gasteiger charge is -2.08. The van der Waals surface area contributed by atoms with Crippen molar-refractivity contribution in [2.45, 2.75) is 25.7 Å². The highest BCUT2D eigenvalue weighted by molar-refractivity contribution is 5.04. The SMILES string of the molecule is OC=C(CO)C1CCCC1.